The number of alkyl halides is 3. The monoisotopic (exact) mass is 261 g/mol. The van der Waals surface area contributed by atoms with E-state index in [1.165, 1.54) is 12.1 Å². The summed E-state index contributed by atoms with van der Waals surface area (Å²) in [4.78, 5) is 0. The van der Waals surface area contributed by atoms with Crippen LogP contribution in [0.15, 0.2) is 24.3 Å². The molecular weight excluding hydrogens is 247 g/mol. The van der Waals surface area contributed by atoms with E-state index in [2.05, 4.69) is 10.1 Å². The van der Waals surface area contributed by atoms with Crippen molar-refractivity contribution < 1.29 is 23.0 Å². The fourth-order valence-corrected chi connectivity index (χ4v) is 1.70. The Bertz CT molecular complexity index is 416. The number of ether oxygens (including phenoxy) is 1. The Hall–Kier alpha value is -1.27. The van der Waals surface area contributed by atoms with Gasteiger partial charge in [-0.05, 0) is 18.9 Å². The summed E-state index contributed by atoms with van der Waals surface area (Å²) >= 11 is 0. The highest BCUT2D eigenvalue weighted by atomic mass is 19.4. The Kier molecular flexibility index (Phi) is 3.49. The Morgan fingerprint density at radius 1 is 1.28 bits per heavy atom. The number of halogens is 3. The maximum absolute atomic E-state index is 12.2. The van der Waals surface area contributed by atoms with Gasteiger partial charge >= 0.3 is 6.36 Å². The van der Waals surface area contributed by atoms with Crippen molar-refractivity contribution in [3.05, 3.63) is 29.8 Å². The van der Waals surface area contributed by atoms with Crippen LogP contribution < -0.4 is 10.1 Å². The average Bonchev–Trinajstić information content (AvgIpc) is 3.07. The van der Waals surface area contributed by atoms with E-state index in [-0.39, 0.29) is 24.4 Å². The molecule has 2 N–H and O–H groups in total. The molecule has 1 aromatic rings. The van der Waals surface area contributed by atoms with Gasteiger partial charge in [-0.2, -0.15) is 0 Å². The van der Waals surface area contributed by atoms with E-state index in [1.54, 1.807) is 12.1 Å². The standard InChI is InChI=1S/C12H14F3NO2/c13-12(14,15)18-10-4-2-1-3-9(10)7-16-11(8-17)5-6-11/h1-4,16-17H,5-8H2. The molecule has 0 amide bonds. The molecular formula is C12H14F3NO2. The van der Waals surface area contributed by atoms with Crippen LogP contribution in [0.4, 0.5) is 13.2 Å². The van der Waals surface area contributed by atoms with Crippen LogP contribution in [-0.2, 0) is 6.54 Å². The van der Waals surface area contributed by atoms with Crippen LogP contribution in [0.3, 0.4) is 0 Å². The van der Waals surface area contributed by atoms with E-state index in [4.69, 9.17) is 5.11 Å². The van der Waals surface area contributed by atoms with Gasteiger partial charge in [-0.3, -0.25) is 0 Å². The average molecular weight is 261 g/mol. The number of aliphatic hydroxyl groups excluding tert-OH is 1. The minimum Gasteiger partial charge on any atom is -0.405 e. The maximum atomic E-state index is 12.2. The molecule has 1 saturated carbocycles. The molecule has 18 heavy (non-hydrogen) atoms. The summed E-state index contributed by atoms with van der Waals surface area (Å²) in [7, 11) is 0. The zero-order valence-electron chi connectivity index (χ0n) is 9.63. The summed E-state index contributed by atoms with van der Waals surface area (Å²) in [5, 5.41) is 12.2. The minimum atomic E-state index is -4.69. The first-order valence-electron chi connectivity index (χ1n) is 5.64. The van der Waals surface area contributed by atoms with Crippen LogP contribution in [0.2, 0.25) is 0 Å². The second-order valence-electron chi connectivity index (χ2n) is 4.45. The lowest BCUT2D eigenvalue weighted by Crippen LogP contribution is -2.34. The lowest BCUT2D eigenvalue weighted by Gasteiger charge is -2.17. The van der Waals surface area contributed by atoms with Gasteiger partial charge < -0.3 is 15.2 Å². The van der Waals surface area contributed by atoms with E-state index >= 15 is 0 Å². The summed E-state index contributed by atoms with van der Waals surface area (Å²) in [6.07, 6.45) is -3.01. The molecule has 2 rings (SSSR count). The first kappa shape index (κ1) is 13.2. The highest BCUT2D eigenvalue weighted by Crippen LogP contribution is 2.35. The molecule has 0 saturated heterocycles. The summed E-state index contributed by atoms with van der Waals surface area (Å²) in [6, 6.07) is 5.99. The Labute approximate surface area is 103 Å². The van der Waals surface area contributed by atoms with Crippen LogP contribution in [0.25, 0.3) is 0 Å². The van der Waals surface area contributed by atoms with Gasteiger partial charge in [-0.25, -0.2) is 0 Å². The summed E-state index contributed by atoms with van der Waals surface area (Å²) in [6.45, 7) is 0.238. The molecule has 0 bridgehead atoms. The molecule has 6 heteroatoms. The molecule has 0 heterocycles. The molecule has 1 fully saturated rings. The largest absolute Gasteiger partial charge is 0.573 e. The van der Waals surface area contributed by atoms with Gasteiger partial charge in [0.15, 0.2) is 0 Å². The van der Waals surface area contributed by atoms with Gasteiger partial charge in [0.25, 0.3) is 0 Å². The lowest BCUT2D eigenvalue weighted by atomic mass is 10.2. The van der Waals surface area contributed by atoms with Crippen molar-refractivity contribution in [2.75, 3.05) is 6.61 Å². The number of para-hydroxylation sites is 1. The molecule has 0 unspecified atom stereocenters. The molecule has 1 aliphatic carbocycles. The predicted octanol–water partition coefficient (Wildman–Crippen LogP) is 2.20. The SMILES string of the molecule is OCC1(NCc2ccccc2OC(F)(F)F)CC1. The van der Waals surface area contributed by atoms with Gasteiger partial charge in [0.1, 0.15) is 5.75 Å². The first-order chi connectivity index (χ1) is 8.44. The smallest absolute Gasteiger partial charge is 0.405 e. The number of benzene rings is 1. The van der Waals surface area contributed by atoms with Crippen molar-refractivity contribution >= 4 is 0 Å². The summed E-state index contributed by atoms with van der Waals surface area (Å²) in [5.74, 6) is -0.203. The van der Waals surface area contributed by atoms with Crippen molar-refractivity contribution in [2.24, 2.45) is 0 Å². The van der Waals surface area contributed by atoms with Crippen LogP contribution in [0.1, 0.15) is 18.4 Å². The van der Waals surface area contributed by atoms with Gasteiger partial charge in [0, 0.05) is 17.6 Å². The lowest BCUT2D eigenvalue weighted by molar-refractivity contribution is -0.274. The van der Waals surface area contributed by atoms with Gasteiger partial charge in [-0.15, -0.1) is 13.2 Å². The maximum Gasteiger partial charge on any atom is 0.573 e. The molecule has 100 valence electrons. The number of nitrogens with one attached hydrogen (secondary N) is 1. The minimum absolute atomic E-state index is 0.00467. The van der Waals surface area contributed by atoms with Gasteiger partial charge in [0.2, 0.25) is 0 Å². The Balaban J connectivity index is 2.03. The van der Waals surface area contributed by atoms with E-state index in [9.17, 15) is 13.2 Å². The van der Waals surface area contributed by atoms with E-state index < -0.39 is 6.36 Å². The zero-order valence-corrected chi connectivity index (χ0v) is 9.63. The predicted molar refractivity (Wildman–Crippen MR) is 59.0 cm³/mol. The van der Waals surface area contributed by atoms with Crippen LogP contribution in [-0.4, -0.2) is 23.6 Å². The van der Waals surface area contributed by atoms with Crippen LogP contribution in [0.5, 0.6) is 5.75 Å². The van der Waals surface area contributed by atoms with Crippen molar-refractivity contribution in [2.45, 2.75) is 31.3 Å². The topological polar surface area (TPSA) is 41.5 Å². The number of hydrogen-bond donors (Lipinski definition) is 2. The molecule has 1 aromatic carbocycles. The molecule has 0 spiro atoms. The van der Waals surface area contributed by atoms with E-state index in [1.807, 2.05) is 0 Å². The third-order valence-electron chi connectivity index (χ3n) is 3.01. The van der Waals surface area contributed by atoms with E-state index in [0.29, 0.717) is 5.56 Å². The zero-order chi connectivity index (χ0) is 13.2. The molecule has 0 aromatic heterocycles. The second kappa shape index (κ2) is 4.78. The van der Waals surface area contributed by atoms with Crippen LogP contribution in [0, 0.1) is 0 Å². The molecule has 0 radical (unpaired) electrons. The molecule has 0 atom stereocenters. The fourth-order valence-electron chi connectivity index (χ4n) is 1.70. The van der Waals surface area contributed by atoms with Crippen molar-refractivity contribution in [1.29, 1.82) is 0 Å². The van der Waals surface area contributed by atoms with Gasteiger partial charge in [0.05, 0.1) is 6.61 Å². The fraction of sp³-hybridized carbons (Fsp3) is 0.500. The van der Waals surface area contributed by atoms with E-state index in [0.717, 1.165) is 12.8 Å². The second-order valence-corrected chi connectivity index (χ2v) is 4.45. The van der Waals surface area contributed by atoms with Gasteiger partial charge in [-0.1, -0.05) is 18.2 Å². The Morgan fingerprint density at radius 2 is 1.94 bits per heavy atom. The summed E-state index contributed by atoms with van der Waals surface area (Å²) in [5.41, 5.74) is 0.111. The molecule has 1 aliphatic rings. The van der Waals surface area contributed by atoms with Crippen molar-refractivity contribution in [1.82, 2.24) is 5.32 Å². The molecule has 0 aliphatic heterocycles. The third kappa shape index (κ3) is 3.36. The van der Waals surface area contributed by atoms with Crippen molar-refractivity contribution in [3.8, 4) is 5.75 Å². The Morgan fingerprint density at radius 3 is 2.50 bits per heavy atom. The number of aliphatic hydroxyl groups is 1. The molecule has 3 nitrogen and oxygen atoms in total. The quantitative estimate of drug-likeness (QED) is 0.853. The van der Waals surface area contributed by atoms with Crippen LogP contribution >= 0.6 is 0 Å². The number of rotatable bonds is 5. The third-order valence-corrected chi connectivity index (χ3v) is 3.01. The first-order valence-corrected chi connectivity index (χ1v) is 5.64. The summed E-state index contributed by atoms with van der Waals surface area (Å²) < 4.78 is 40.5. The highest BCUT2D eigenvalue weighted by Gasteiger charge is 2.41. The highest BCUT2D eigenvalue weighted by molar-refractivity contribution is 5.33. The van der Waals surface area contributed by atoms with Crippen molar-refractivity contribution in [3.63, 3.8) is 0 Å². The number of hydrogen-bond acceptors (Lipinski definition) is 3. The normalized spacial score (nSPS) is 17.6.